The molecule has 0 saturated carbocycles. The minimum atomic E-state index is -4.33. The number of aromatic nitrogens is 2. The summed E-state index contributed by atoms with van der Waals surface area (Å²) >= 11 is 0. The molecule has 1 amide bonds. The lowest BCUT2D eigenvalue weighted by molar-refractivity contribution is -0.137. The van der Waals surface area contributed by atoms with Crippen LogP contribution in [0.15, 0.2) is 36.5 Å². The first-order chi connectivity index (χ1) is 14.3. The van der Waals surface area contributed by atoms with Crippen molar-refractivity contribution < 1.29 is 18.0 Å². The smallest absolute Gasteiger partial charge is 0.369 e. The van der Waals surface area contributed by atoms with Crippen LogP contribution in [0.1, 0.15) is 28.9 Å². The molecule has 1 atom stereocenters. The molecule has 2 aromatic rings. The number of anilines is 1. The van der Waals surface area contributed by atoms with Crippen molar-refractivity contribution in [3.05, 3.63) is 47.8 Å². The maximum absolute atomic E-state index is 13.0. The van der Waals surface area contributed by atoms with Gasteiger partial charge >= 0.3 is 6.18 Å². The van der Waals surface area contributed by atoms with E-state index < -0.39 is 11.7 Å². The third-order valence-corrected chi connectivity index (χ3v) is 6.09. The minimum Gasteiger partial charge on any atom is -0.369 e. The van der Waals surface area contributed by atoms with E-state index in [0.717, 1.165) is 38.5 Å². The van der Waals surface area contributed by atoms with Crippen LogP contribution in [0.5, 0.6) is 0 Å². The number of alkyl halides is 3. The van der Waals surface area contributed by atoms with E-state index in [1.165, 1.54) is 12.1 Å². The monoisotopic (exact) mass is 421 g/mol. The molecule has 1 aromatic carbocycles. The fraction of sp³-hybridized carbons (Fsp3) is 0.524. The number of halogens is 3. The van der Waals surface area contributed by atoms with Crippen LogP contribution in [-0.2, 0) is 13.2 Å². The van der Waals surface area contributed by atoms with Crippen LogP contribution in [0.2, 0.25) is 0 Å². The zero-order valence-corrected chi connectivity index (χ0v) is 17.0. The van der Waals surface area contributed by atoms with Crippen LogP contribution in [0.4, 0.5) is 18.9 Å². The number of carbonyl (C=O) groups excluding carboxylic acids is 1. The van der Waals surface area contributed by atoms with Crippen molar-refractivity contribution in [3.63, 3.8) is 0 Å². The quantitative estimate of drug-likeness (QED) is 0.765. The van der Waals surface area contributed by atoms with Crippen molar-refractivity contribution in [2.75, 3.05) is 44.2 Å². The molecule has 2 fully saturated rings. The van der Waals surface area contributed by atoms with Crippen LogP contribution in [0.25, 0.3) is 0 Å². The van der Waals surface area contributed by atoms with Crippen molar-refractivity contribution in [1.29, 1.82) is 0 Å². The number of hydrogen-bond donors (Lipinski definition) is 0. The van der Waals surface area contributed by atoms with Gasteiger partial charge in [0, 0.05) is 64.2 Å². The van der Waals surface area contributed by atoms with E-state index in [-0.39, 0.29) is 11.9 Å². The molecule has 9 heteroatoms. The molecule has 0 radical (unpaired) electrons. The molecule has 30 heavy (non-hydrogen) atoms. The fourth-order valence-corrected chi connectivity index (χ4v) is 4.41. The maximum Gasteiger partial charge on any atom is 0.416 e. The standard InChI is InChI=1S/C21H26F3N5O/c1-26-19(7-8-25-26)20(30)29-9-3-6-18(15-29)28-12-10-27(11-13-28)17-5-2-4-16(14-17)21(22,23)24/h2,4-5,7-8,14,18H,3,6,9-13,15H2,1H3/t18-/m0/s1. The lowest BCUT2D eigenvalue weighted by Gasteiger charge is -2.44. The highest BCUT2D eigenvalue weighted by Gasteiger charge is 2.33. The Morgan fingerprint density at radius 2 is 1.87 bits per heavy atom. The normalized spacial score (nSPS) is 21.1. The average molecular weight is 421 g/mol. The molecule has 3 heterocycles. The van der Waals surface area contributed by atoms with Gasteiger partial charge < -0.3 is 9.80 Å². The first-order valence-electron chi connectivity index (χ1n) is 10.3. The zero-order valence-electron chi connectivity index (χ0n) is 17.0. The zero-order chi connectivity index (χ0) is 21.3. The van der Waals surface area contributed by atoms with Crippen molar-refractivity contribution in [2.45, 2.75) is 25.1 Å². The molecule has 4 rings (SSSR count). The molecule has 1 aromatic heterocycles. The number of aryl methyl sites for hydroxylation is 1. The largest absolute Gasteiger partial charge is 0.416 e. The van der Waals surface area contributed by atoms with Crippen molar-refractivity contribution >= 4 is 11.6 Å². The summed E-state index contributed by atoms with van der Waals surface area (Å²) in [7, 11) is 1.77. The maximum atomic E-state index is 13.0. The van der Waals surface area contributed by atoms with Crippen molar-refractivity contribution in [3.8, 4) is 0 Å². The van der Waals surface area contributed by atoms with E-state index in [1.807, 2.05) is 9.80 Å². The van der Waals surface area contributed by atoms with Gasteiger partial charge in [-0.25, -0.2) is 0 Å². The van der Waals surface area contributed by atoms with E-state index in [1.54, 1.807) is 30.1 Å². The molecule has 162 valence electrons. The molecule has 0 unspecified atom stereocenters. The summed E-state index contributed by atoms with van der Waals surface area (Å²) in [5.74, 6) is 0.00213. The third kappa shape index (κ3) is 4.30. The van der Waals surface area contributed by atoms with Crippen LogP contribution in [0.3, 0.4) is 0 Å². The number of carbonyl (C=O) groups is 1. The third-order valence-electron chi connectivity index (χ3n) is 6.09. The molecule has 0 N–H and O–H groups in total. The molecular weight excluding hydrogens is 395 g/mol. The molecular formula is C21H26F3N5O. The summed E-state index contributed by atoms with van der Waals surface area (Å²) in [6.07, 6.45) is -0.730. The van der Waals surface area contributed by atoms with Crippen LogP contribution < -0.4 is 4.90 Å². The predicted molar refractivity (Wildman–Crippen MR) is 107 cm³/mol. The summed E-state index contributed by atoms with van der Waals surface area (Å²) in [6.45, 7) is 4.31. The van der Waals surface area contributed by atoms with Crippen molar-refractivity contribution in [2.24, 2.45) is 7.05 Å². The van der Waals surface area contributed by atoms with Gasteiger partial charge in [0.05, 0.1) is 5.56 Å². The summed E-state index contributed by atoms with van der Waals surface area (Å²) in [5, 5.41) is 4.08. The molecule has 2 saturated heterocycles. The fourth-order valence-electron chi connectivity index (χ4n) is 4.41. The van der Waals surface area contributed by atoms with E-state index >= 15 is 0 Å². The Kier molecular flexibility index (Phi) is 5.73. The van der Waals surface area contributed by atoms with Crippen LogP contribution >= 0.6 is 0 Å². The second-order valence-electron chi connectivity index (χ2n) is 7.96. The van der Waals surface area contributed by atoms with E-state index in [9.17, 15) is 18.0 Å². The topological polar surface area (TPSA) is 44.6 Å². The first kappa shape index (κ1) is 20.7. The van der Waals surface area contributed by atoms with Gasteiger partial charge in [-0.15, -0.1) is 0 Å². The number of amides is 1. The van der Waals surface area contributed by atoms with Gasteiger partial charge in [0.2, 0.25) is 0 Å². The summed E-state index contributed by atoms with van der Waals surface area (Å²) in [6, 6.07) is 7.55. The van der Waals surface area contributed by atoms with Gasteiger partial charge in [-0.05, 0) is 37.1 Å². The highest BCUT2D eigenvalue weighted by Crippen LogP contribution is 2.32. The number of benzene rings is 1. The number of piperazine rings is 1. The molecule has 0 bridgehead atoms. The summed E-state index contributed by atoms with van der Waals surface area (Å²) in [4.78, 5) is 19.1. The molecule has 0 aliphatic carbocycles. The first-order valence-corrected chi connectivity index (χ1v) is 10.3. The van der Waals surface area contributed by atoms with Gasteiger partial charge in [0.1, 0.15) is 5.69 Å². The Hall–Kier alpha value is -2.55. The molecule has 2 aliphatic rings. The second kappa shape index (κ2) is 8.29. The van der Waals surface area contributed by atoms with Crippen LogP contribution in [0, 0.1) is 0 Å². The summed E-state index contributed by atoms with van der Waals surface area (Å²) < 4.78 is 40.6. The Labute approximate surface area is 173 Å². The van der Waals surface area contributed by atoms with Crippen LogP contribution in [-0.4, -0.2) is 70.8 Å². The number of piperidine rings is 1. The van der Waals surface area contributed by atoms with Gasteiger partial charge in [-0.2, -0.15) is 18.3 Å². The Balaban J connectivity index is 1.36. The van der Waals surface area contributed by atoms with Gasteiger partial charge in [0.25, 0.3) is 5.91 Å². The summed E-state index contributed by atoms with van der Waals surface area (Å²) in [5.41, 5.74) is 0.588. The lowest BCUT2D eigenvalue weighted by Crippen LogP contribution is -2.56. The highest BCUT2D eigenvalue weighted by atomic mass is 19.4. The number of nitrogens with zero attached hydrogens (tertiary/aromatic N) is 5. The molecule has 6 nitrogen and oxygen atoms in total. The van der Waals surface area contributed by atoms with E-state index in [0.29, 0.717) is 31.0 Å². The number of rotatable bonds is 3. The highest BCUT2D eigenvalue weighted by molar-refractivity contribution is 5.92. The van der Waals surface area contributed by atoms with Gasteiger partial charge in [0.15, 0.2) is 0 Å². The number of hydrogen-bond acceptors (Lipinski definition) is 4. The number of likely N-dealkylation sites (tertiary alicyclic amines) is 1. The predicted octanol–water partition coefficient (Wildman–Crippen LogP) is 2.87. The van der Waals surface area contributed by atoms with E-state index in [4.69, 9.17) is 0 Å². The Morgan fingerprint density at radius 1 is 1.10 bits per heavy atom. The average Bonchev–Trinajstić information content (AvgIpc) is 3.19. The van der Waals surface area contributed by atoms with E-state index in [2.05, 4.69) is 10.00 Å². The Morgan fingerprint density at radius 3 is 2.53 bits per heavy atom. The minimum absolute atomic E-state index is 0.00213. The molecule has 0 spiro atoms. The van der Waals surface area contributed by atoms with Crippen molar-refractivity contribution in [1.82, 2.24) is 19.6 Å². The van der Waals surface area contributed by atoms with Gasteiger partial charge in [-0.3, -0.25) is 14.4 Å². The molecule has 2 aliphatic heterocycles. The SMILES string of the molecule is Cn1nccc1C(=O)N1CCC[C@H](N2CCN(c3cccc(C(F)(F)F)c3)CC2)C1. The second-order valence-corrected chi connectivity index (χ2v) is 7.96. The van der Waals surface area contributed by atoms with Gasteiger partial charge in [-0.1, -0.05) is 6.07 Å². The Bertz CT molecular complexity index is 889. The lowest BCUT2D eigenvalue weighted by atomic mass is 10.0.